The van der Waals surface area contributed by atoms with Gasteiger partial charge in [-0.2, -0.15) is 0 Å². The van der Waals surface area contributed by atoms with E-state index >= 15 is 0 Å². The van der Waals surface area contributed by atoms with Crippen molar-refractivity contribution in [2.45, 2.75) is 13.8 Å². The van der Waals surface area contributed by atoms with Crippen molar-refractivity contribution < 1.29 is 0 Å². The summed E-state index contributed by atoms with van der Waals surface area (Å²) in [6.07, 6.45) is 1.74. The number of hydrogen-bond acceptors (Lipinski definition) is 4. The van der Waals surface area contributed by atoms with Gasteiger partial charge in [0.25, 0.3) is 0 Å². The van der Waals surface area contributed by atoms with Crippen molar-refractivity contribution in [1.82, 2.24) is 19.7 Å². The Hall–Kier alpha value is -2.01. The maximum atomic E-state index is 4.44. The summed E-state index contributed by atoms with van der Waals surface area (Å²) in [5.41, 5.74) is 2.06. The van der Waals surface area contributed by atoms with Crippen LogP contribution in [0.15, 0.2) is 36.7 Å². The average Bonchev–Trinajstić information content (AvgIpc) is 2.96. The van der Waals surface area contributed by atoms with Crippen LogP contribution in [0.25, 0.3) is 16.4 Å². The highest BCUT2D eigenvalue weighted by molar-refractivity contribution is 7.15. The second-order valence-corrected chi connectivity index (χ2v) is 5.21. The van der Waals surface area contributed by atoms with Crippen LogP contribution in [0.5, 0.6) is 0 Å². The van der Waals surface area contributed by atoms with Crippen molar-refractivity contribution >= 4 is 11.3 Å². The summed E-state index contributed by atoms with van der Waals surface area (Å²) in [6.45, 7) is 4.01. The molecule has 3 aromatic rings. The molecule has 2 heterocycles. The van der Waals surface area contributed by atoms with Gasteiger partial charge < -0.3 is 0 Å². The summed E-state index contributed by atoms with van der Waals surface area (Å²) >= 11 is 1.65. The van der Waals surface area contributed by atoms with Crippen LogP contribution < -0.4 is 0 Å². The molecule has 0 aliphatic carbocycles. The fourth-order valence-corrected chi connectivity index (χ4v) is 2.81. The van der Waals surface area contributed by atoms with Crippen LogP contribution in [-0.4, -0.2) is 19.7 Å². The first-order valence-electron chi connectivity index (χ1n) is 5.65. The Morgan fingerprint density at radius 3 is 2.56 bits per heavy atom. The van der Waals surface area contributed by atoms with E-state index in [1.54, 1.807) is 17.7 Å². The summed E-state index contributed by atoms with van der Waals surface area (Å²) < 4.78 is 1.99. The summed E-state index contributed by atoms with van der Waals surface area (Å²) in [6, 6.07) is 10.1. The fourth-order valence-electron chi connectivity index (χ4n) is 1.91. The Bertz CT molecular complexity index is 669. The fraction of sp³-hybridized carbons (Fsp3) is 0.154. The summed E-state index contributed by atoms with van der Waals surface area (Å²) in [7, 11) is 0. The van der Waals surface area contributed by atoms with Crippen LogP contribution in [0.1, 0.15) is 10.7 Å². The lowest BCUT2D eigenvalue weighted by Gasteiger charge is -2.04. The minimum atomic E-state index is 0.851. The van der Waals surface area contributed by atoms with Gasteiger partial charge in [0.05, 0.1) is 15.6 Å². The van der Waals surface area contributed by atoms with Crippen molar-refractivity contribution in [1.29, 1.82) is 0 Å². The normalized spacial score (nSPS) is 10.8. The molecule has 0 saturated heterocycles. The Kier molecular flexibility index (Phi) is 2.68. The molecule has 1 aromatic carbocycles. The molecule has 5 heteroatoms. The standard InChI is InChI=1S/C13H12N4S/c1-9-12(18-10(2)15-9)13-16-14-8-17(13)11-6-4-3-5-7-11/h3-8H,1-2H3. The number of rotatable bonds is 2. The highest BCUT2D eigenvalue weighted by Gasteiger charge is 2.14. The van der Waals surface area contributed by atoms with Crippen molar-refractivity contribution in [3.05, 3.63) is 47.4 Å². The van der Waals surface area contributed by atoms with Crippen LogP contribution in [0.3, 0.4) is 0 Å². The number of nitrogens with zero attached hydrogens (tertiary/aromatic N) is 4. The Balaban J connectivity index is 2.16. The average molecular weight is 256 g/mol. The first kappa shape index (κ1) is 11.1. The van der Waals surface area contributed by atoms with Gasteiger partial charge in [0, 0.05) is 5.69 Å². The van der Waals surface area contributed by atoms with E-state index in [4.69, 9.17) is 0 Å². The van der Waals surface area contributed by atoms with Gasteiger partial charge in [-0.05, 0) is 26.0 Å². The third kappa shape index (κ3) is 1.82. The zero-order valence-electron chi connectivity index (χ0n) is 10.2. The molecule has 0 amide bonds. The SMILES string of the molecule is Cc1nc(C)c(-c2nncn2-c2ccccc2)s1. The van der Waals surface area contributed by atoms with Gasteiger partial charge in [-0.25, -0.2) is 4.98 Å². The first-order chi connectivity index (χ1) is 8.75. The van der Waals surface area contributed by atoms with Crippen molar-refractivity contribution in [3.63, 3.8) is 0 Å². The summed E-state index contributed by atoms with van der Waals surface area (Å²) in [4.78, 5) is 5.52. The van der Waals surface area contributed by atoms with Crippen molar-refractivity contribution in [3.8, 4) is 16.4 Å². The molecule has 0 aliphatic rings. The predicted octanol–water partition coefficient (Wildman–Crippen LogP) is 3.01. The summed E-state index contributed by atoms with van der Waals surface area (Å²) in [5, 5.41) is 9.28. The minimum absolute atomic E-state index is 0.851. The molecule has 0 saturated carbocycles. The number of hydrogen-bond donors (Lipinski definition) is 0. The molecule has 4 nitrogen and oxygen atoms in total. The van der Waals surface area contributed by atoms with Crippen LogP contribution in [0, 0.1) is 13.8 Å². The summed E-state index contributed by atoms with van der Waals surface area (Å²) in [5.74, 6) is 0.851. The largest absolute Gasteiger partial charge is 0.281 e. The monoisotopic (exact) mass is 256 g/mol. The molecular weight excluding hydrogens is 244 g/mol. The zero-order valence-corrected chi connectivity index (χ0v) is 11.0. The number of aryl methyl sites for hydroxylation is 2. The minimum Gasteiger partial charge on any atom is -0.281 e. The van der Waals surface area contributed by atoms with E-state index in [1.807, 2.05) is 48.7 Å². The van der Waals surface area contributed by atoms with E-state index in [0.717, 1.165) is 27.1 Å². The van der Waals surface area contributed by atoms with Gasteiger partial charge in [0.15, 0.2) is 5.82 Å². The number of para-hydroxylation sites is 1. The quantitative estimate of drug-likeness (QED) is 0.708. The van der Waals surface area contributed by atoms with Crippen LogP contribution in [0.4, 0.5) is 0 Å². The number of benzene rings is 1. The highest BCUT2D eigenvalue weighted by Crippen LogP contribution is 2.29. The maximum absolute atomic E-state index is 4.44. The van der Waals surface area contributed by atoms with Gasteiger partial charge in [-0.15, -0.1) is 21.5 Å². The van der Waals surface area contributed by atoms with E-state index in [-0.39, 0.29) is 0 Å². The van der Waals surface area contributed by atoms with E-state index < -0.39 is 0 Å². The molecule has 0 bridgehead atoms. The van der Waals surface area contributed by atoms with Gasteiger partial charge >= 0.3 is 0 Å². The number of thiazole rings is 1. The molecule has 0 spiro atoms. The van der Waals surface area contributed by atoms with Gasteiger partial charge in [-0.1, -0.05) is 18.2 Å². The second-order valence-electron chi connectivity index (χ2n) is 4.01. The zero-order chi connectivity index (χ0) is 12.5. The molecule has 3 rings (SSSR count). The third-order valence-electron chi connectivity index (χ3n) is 2.69. The van der Waals surface area contributed by atoms with Crippen LogP contribution in [0.2, 0.25) is 0 Å². The van der Waals surface area contributed by atoms with Crippen molar-refractivity contribution in [2.75, 3.05) is 0 Å². The molecule has 0 atom stereocenters. The molecule has 18 heavy (non-hydrogen) atoms. The topological polar surface area (TPSA) is 43.6 Å². The van der Waals surface area contributed by atoms with Crippen LogP contribution >= 0.6 is 11.3 Å². The highest BCUT2D eigenvalue weighted by atomic mass is 32.1. The molecule has 2 aromatic heterocycles. The van der Waals surface area contributed by atoms with E-state index in [0.29, 0.717) is 0 Å². The first-order valence-corrected chi connectivity index (χ1v) is 6.47. The van der Waals surface area contributed by atoms with E-state index in [9.17, 15) is 0 Å². The molecule has 0 N–H and O–H groups in total. The lowest BCUT2D eigenvalue weighted by Crippen LogP contribution is -1.95. The van der Waals surface area contributed by atoms with E-state index in [1.165, 1.54) is 0 Å². The van der Waals surface area contributed by atoms with Crippen molar-refractivity contribution in [2.24, 2.45) is 0 Å². The Labute approximate surface area is 109 Å². The third-order valence-corrected chi connectivity index (χ3v) is 3.76. The lowest BCUT2D eigenvalue weighted by atomic mass is 10.3. The second kappa shape index (κ2) is 4.34. The lowest BCUT2D eigenvalue weighted by molar-refractivity contribution is 1.06. The Morgan fingerprint density at radius 1 is 1.11 bits per heavy atom. The Morgan fingerprint density at radius 2 is 1.89 bits per heavy atom. The number of aromatic nitrogens is 4. The van der Waals surface area contributed by atoms with Crippen LogP contribution in [-0.2, 0) is 0 Å². The molecule has 0 fully saturated rings. The van der Waals surface area contributed by atoms with Gasteiger partial charge in [0.1, 0.15) is 6.33 Å². The molecule has 0 aliphatic heterocycles. The molecular formula is C13H12N4S. The maximum Gasteiger partial charge on any atom is 0.180 e. The van der Waals surface area contributed by atoms with Gasteiger partial charge in [-0.3, -0.25) is 4.57 Å². The molecule has 90 valence electrons. The van der Waals surface area contributed by atoms with Gasteiger partial charge in [0.2, 0.25) is 0 Å². The molecule has 0 unspecified atom stereocenters. The van der Waals surface area contributed by atoms with E-state index in [2.05, 4.69) is 15.2 Å². The predicted molar refractivity (Wildman–Crippen MR) is 71.9 cm³/mol. The molecule has 0 radical (unpaired) electrons. The smallest absolute Gasteiger partial charge is 0.180 e.